The van der Waals surface area contributed by atoms with Crippen molar-refractivity contribution in [1.82, 2.24) is 0 Å². The van der Waals surface area contributed by atoms with Crippen molar-refractivity contribution in [2.45, 2.75) is 0 Å². The van der Waals surface area contributed by atoms with Crippen LogP contribution in [0.4, 0.5) is 5.69 Å². The average molecular weight is 162 g/mol. The molecule has 1 aromatic carbocycles. The molecule has 0 bridgehead atoms. The summed E-state index contributed by atoms with van der Waals surface area (Å²) >= 11 is 0. The van der Waals surface area contributed by atoms with Crippen molar-refractivity contribution < 1.29 is 4.79 Å². The second kappa shape index (κ2) is 3.57. The number of rotatable bonds is 2. The van der Waals surface area contributed by atoms with Crippen LogP contribution in [-0.2, 0) is 4.79 Å². The van der Waals surface area contributed by atoms with Gasteiger partial charge in [-0.1, -0.05) is 24.8 Å². The lowest BCUT2D eigenvalue weighted by Gasteiger charge is -2.02. The van der Waals surface area contributed by atoms with Crippen molar-refractivity contribution in [3.05, 3.63) is 42.6 Å². The molecule has 0 aliphatic carbocycles. The first-order chi connectivity index (χ1) is 5.70. The first-order valence-electron chi connectivity index (χ1n) is 3.51. The topological polar surface area (TPSA) is 55.1 Å². The van der Waals surface area contributed by atoms with Crippen molar-refractivity contribution in [1.29, 1.82) is 0 Å². The molecule has 3 nitrogen and oxygen atoms in total. The van der Waals surface area contributed by atoms with Gasteiger partial charge in [0.2, 0.25) is 0 Å². The Bertz CT molecular complexity index is 293. The highest BCUT2D eigenvalue weighted by Gasteiger charge is 2.00. The van der Waals surface area contributed by atoms with E-state index in [0.29, 0.717) is 5.69 Å². The van der Waals surface area contributed by atoms with E-state index in [-0.39, 0.29) is 11.6 Å². The van der Waals surface area contributed by atoms with Crippen molar-refractivity contribution >= 4 is 11.6 Å². The third kappa shape index (κ3) is 2.12. The number of carbonyl (C=O) groups is 1. The van der Waals surface area contributed by atoms with Gasteiger partial charge < -0.3 is 11.1 Å². The lowest BCUT2D eigenvalue weighted by atomic mass is 10.3. The van der Waals surface area contributed by atoms with Gasteiger partial charge in [0, 0.05) is 5.69 Å². The molecule has 0 aliphatic heterocycles. The highest BCUT2D eigenvalue weighted by Crippen LogP contribution is 2.04. The zero-order valence-corrected chi connectivity index (χ0v) is 6.58. The molecule has 3 heteroatoms. The van der Waals surface area contributed by atoms with Gasteiger partial charge in [0.15, 0.2) is 0 Å². The minimum absolute atomic E-state index is 0.0128. The second-order valence-electron chi connectivity index (χ2n) is 2.35. The summed E-state index contributed by atoms with van der Waals surface area (Å²) in [6.45, 7) is 3.32. The standard InChI is InChI=1S/C9H10N2O/c1-7(10)9(12)11-8-5-3-2-4-6-8/h2-6H,1,10H2,(H,11,12). The molecule has 0 unspecified atom stereocenters. The van der Waals surface area contributed by atoms with Crippen molar-refractivity contribution in [2.75, 3.05) is 5.32 Å². The number of anilines is 1. The highest BCUT2D eigenvalue weighted by atomic mass is 16.1. The van der Waals surface area contributed by atoms with E-state index in [2.05, 4.69) is 11.9 Å². The molecule has 0 spiro atoms. The second-order valence-corrected chi connectivity index (χ2v) is 2.35. The third-order valence-electron chi connectivity index (χ3n) is 1.32. The maximum Gasteiger partial charge on any atom is 0.270 e. The molecule has 1 rings (SSSR count). The van der Waals surface area contributed by atoms with Crippen LogP contribution in [0, 0.1) is 0 Å². The summed E-state index contributed by atoms with van der Waals surface area (Å²) in [6, 6.07) is 9.08. The van der Waals surface area contributed by atoms with E-state index in [4.69, 9.17) is 5.73 Å². The van der Waals surface area contributed by atoms with Crippen molar-refractivity contribution in [3.8, 4) is 0 Å². The zero-order valence-electron chi connectivity index (χ0n) is 6.58. The molecule has 0 heterocycles. The molecule has 1 aromatic rings. The van der Waals surface area contributed by atoms with Crippen LogP contribution in [0.3, 0.4) is 0 Å². The molecule has 0 aliphatic rings. The minimum atomic E-state index is -0.360. The summed E-state index contributed by atoms with van der Waals surface area (Å²) in [5.74, 6) is -0.360. The predicted molar refractivity (Wildman–Crippen MR) is 48.4 cm³/mol. The molecule has 0 atom stereocenters. The fourth-order valence-corrected chi connectivity index (χ4v) is 0.733. The monoisotopic (exact) mass is 162 g/mol. The molecular weight excluding hydrogens is 152 g/mol. The summed E-state index contributed by atoms with van der Waals surface area (Å²) in [4.78, 5) is 11.0. The first kappa shape index (κ1) is 8.33. The molecule has 62 valence electrons. The predicted octanol–water partition coefficient (Wildman–Crippen LogP) is 1.10. The Morgan fingerprint density at radius 3 is 2.42 bits per heavy atom. The number of nitrogens with two attached hydrogens (primary N) is 1. The van der Waals surface area contributed by atoms with Crippen LogP contribution in [0.2, 0.25) is 0 Å². The van der Waals surface area contributed by atoms with Crippen LogP contribution in [0.1, 0.15) is 0 Å². The SMILES string of the molecule is C=C(N)C(=O)Nc1ccccc1. The van der Waals surface area contributed by atoms with E-state index in [0.717, 1.165) is 0 Å². The van der Waals surface area contributed by atoms with Gasteiger partial charge in [-0.3, -0.25) is 4.79 Å². The Morgan fingerprint density at radius 1 is 1.33 bits per heavy atom. The number of carbonyl (C=O) groups excluding carboxylic acids is 1. The van der Waals surface area contributed by atoms with Crippen LogP contribution < -0.4 is 11.1 Å². The van der Waals surface area contributed by atoms with E-state index >= 15 is 0 Å². The van der Waals surface area contributed by atoms with Crippen LogP contribution in [0.15, 0.2) is 42.6 Å². The number of amides is 1. The van der Waals surface area contributed by atoms with Crippen molar-refractivity contribution in [3.63, 3.8) is 0 Å². The van der Waals surface area contributed by atoms with Crippen LogP contribution >= 0.6 is 0 Å². The van der Waals surface area contributed by atoms with E-state index in [1.807, 2.05) is 18.2 Å². The van der Waals surface area contributed by atoms with E-state index < -0.39 is 0 Å². The highest BCUT2D eigenvalue weighted by molar-refractivity contribution is 6.02. The fourth-order valence-electron chi connectivity index (χ4n) is 0.733. The minimum Gasteiger partial charge on any atom is -0.395 e. The Hall–Kier alpha value is -1.77. The van der Waals surface area contributed by atoms with Crippen LogP contribution in [0.5, 0.6) is 0 Å². The number of para-hydroxylation sites is 1. The number of hydrogen-bond acceptors (Lipinski definition) is 2. The number of benzene rings is 1. The van der Waals surface area contributed by atoms with Gasteiger partial charge in [-0.2, -0.15) is 0 Å². The Morgan fingerprint density at radius 2 is 1.92 bits per heavy atom. The van der Waals surface area contributed by atoms with Crippen molar-refractivity contribution in [2.24, 2.45) is 5.73 Å². The zero-order chi connectivity index (χ0) is 8.97. The lowest BCUT2D eigenvalue weighted by Crippen LogP contribution is -2.18. The van der Waals surface area contributed by atoms with Gasteiger partial charge in [-0.05, 0) is 12.1 Å². The molecule has 0 aromatic heterocycles. The maximum atomic E-state index is 11.0. The van der Waals surface area contributed by atoms with Gasteiger partial charge in [-0.25, -0.2) is 0 Å². The van der Waals surface area contributed by atoms with Gasteiger partial charge in [0.25, 0.3) is 5.91 Å². The quantitative estimate of drug-likeness (QED) is 0.640. The molecule has 0 fully saturated rings. The van der Waals surface area contributed by atoms with Crippen LogP contribution in [0.25, 0.3) is 0 Å². The lowest BCUT2D eigenvalue weighted by molar-refractivity contribution is -0.112. The van der Waals surface area contributed by atoms with Gasteiger partial charge in [0.1, 0.15) is 0 Å². The summed E-state index contributed by atoms with van der Waals surface area (Å²) < 4.78 is 0. The largest absolute Gasteiger partial charge is 0.395 e. The molecule has 0 radical (unpaired) electrons. The molecule has 0 saturated carbocycles. The summed E-state index contributed by atoms with van der Waals surface area (Å²) in [5.41, 5.74) is 5.91. The van der Waals surface area contributed by atoms with Gasteiger partial charge >= 0.3 is 0 Å². The number of nitrogens with one attached hydrogen (secondary N) is 1. The number of hydrogen-bond donors (Lipinski definition) is 2. The van der Waals surface area contributed by atoms with Gasteiger partial charge in [0.05, 0.1) is 5.70 Å². The van der Waals surface area contributed by atoms with E-state index in [1.165, 1.54) is 0 Å². The van der Waals surface area contributed by atoms with Crippen LogP contribution in [-0.4, -0.2) is 5.91 Å². The molecular formula is C9H10N2O. The summed E-state index contributed by atoms with van der Waals surface area (Å²) in [7, 11) is 0. The van der Waals surface area contributed by atoms with E-state index in [9.17, 15) is 4.79 Å². The Balaban J connectivity index is 2.65. The van der Waals surface area contributed by atoms with E-state index in [1.54, 1.807) is 12.1 Å². The fraction of sp³-hybridized carbons (Fsp3) is 0. The Labute approximate surface area is 70.9 Å². The molecule has 3 N–H and O–H groups in total. The average Bonchev–Trinajstić information content (AvgIpc) is 2.06. The smallest absolute Gasteiger partial charge is 0.270 e. The Kier molecular flexibility index (Phi) is 2.48. The normalized spacial score (nSPS) is 9.00. The van der Waals surface area contributed by atoms with Gasteiger partial charge in [-0.15, -0.1) is 0 Å². The molecule has 0 saturated heterocycles. The maximum absolute atomic E-state index is 11.0. The summed E-state index contributed by atoms with van der Waals surface area (Å²) in [5, 5.41) is 2.58. The molecule has 12 heavy (non-hydrogen) atoms. The first-order valence-corrected chi connectivity index (χ1v) is 3.51. The third-order valence-corrected chi connectivity index (χ3v) is 1.32. The molecule has 1 amide bonds. The summed E-state index contributed by atoms with van der Waals surface area (Å²) in [6.07, 6.45) is 0.